The Bertz CT molecular complexity index is 1170. The van der Waals surface area contributed by atoms with Crippen LogP contribution in [0.5, 0.6) is 0 Å². The molecule has 180 valence electrons. The first-order chi connectivity index (χ1) is 16.9. The summed E-state index contributed by atoms with van der Waals surface area (Å²) in [5, 5.41) is 16.8. The molecule has 3 rings (SSSR count). The van der Waals surface area contributed by atoms with E-state index in [-0.39, 0.29) is 12.0 Å². The molecule has 3 aromatic rings. The molecule has 0 bridgehead atoms. The van der Waals surface area contributed by atoms with Crippen LogP contribution in [-0.4, -0.2) is 46.5 Å². The Labute approximate surface area is 200 Å². The highest BCUT2D eigenvalue weighted by Gasteiger charge is 2.21. The van der Waals surface area contributed by atoms with Crippen molar-refractivity contribution in [2.75, 3.05) is 17.3 Å². The molecule has 4 amide bonds. The monoisotopic (exact) mass is 476 g/mol. The minimum Gasteiger partial charge on any atom is -0.480 e. The summed E-state index contributed by atoms with van der Waals surface area (Å²) in [5.41, 5.74) is 7.13. The predicted octanol–water partition coefficient (Wildman–Crippen LogP) is 1.77. The zero-order valence-electron chi connectivity index (χ0n) is 18.5. The molecule has 0 fully saturated rings. The number of aromatic nitrogens is 1. The molecule has 0 aliphatic carbocycles. The fourth-order valence-electron chi connectivity index (χ4n) is 3.01. The van der Waals surface area contributed by atoms with Gasteiger partial charge in [0.1, 0.15) is 6.04 Å². The van der Waals surface area contributed by atoms with Crippen LogP contribution in [-0.2, 0) is 16.0 Å². The summed E-state index contributed by atoms with van der Waals surface area (Å²) in [6.07, 6.45) is 3.13. The number of urea groups is 1. The third kappa shape index (κ3) is 8.17. The van der Waals surface area contributed by atoms with Crippen LogP contribution >= 0.6 is 0 Å². The SMILES string of the molecule is O=C(CNC(=O)c1cccc(NC(=O)NNc2ccccc2)c1)NC(Cc1cccnc1)C(=O)O. The molecule has 0 aliphatic heterocycles. The van der Waals surface area contributed by atoms with Gasteiger partial charge in [-0.2, -0.15) is 0 Å². The van der Waals surface area contributed by atoms with E-state index in [1.165, 1.54) is 18.3 Å². The highest BCUT2D eigenvalue weighted by atomic mass is 16.4. The van der Waals surface area contributed by atoms with Gasteiger partial charge in [-0.15, -0.1) is 0 Å². The number of anilines is 2. The van der Waals surface area contributed by atoms with Crippen LogP contribution < -0.4 is 26.8 Å². The number of benzene rings is 2. The van der Waals surface area contributed by atoms with Gasteiger partial charge in [-0.1, -0.05) is 30.3 Å². The molecule has 0 spiro atoms. The number of pyridine rings is 1. The van der Waals surface area contributed by atoms with E-state index in [1.807, 2.05) is 18.2 Å². The lowest BCUT2D eigenvalue weighted by atomic mass is 10.1. The number of hydrazine groups is 1. The Kier molecular flexibility index (Phi) is 8.72. The van der Waals surface area contributed by atoms with Crippen molar-refractivity contribution in [2.45, 2.75) is 12.5 Å². The number of nitrogens with zero attached hydrogens (tertiary/aromatic N) is 1. The third-order valence-corrected chi connectivity index (χ3v) is 4.68. The number of hydrogen-bond acceptors (Lipinski definition) is 6. The molecule has 0 saturated heterocycles. The Morgan fingerprint density at radius 3 is 2.40 bits per heavy atom. The van der Waals surface area contributed by atoms with Crippen LogP contribution in [0.3, 0.4) is 0 Å². The molecule has 6 N–H and O–H groups in total. The number of carbonyl (C=O) groups excluding carboxylic acids is 3. The Hall–Kier alpha value is -4.93. The molecule has 11 heteroatoms. The number of rotatable bonds is 10. The van der Waals surface area contributed by atoms with Crippen LogP contribution in [0, 0.1) is 0 Å². The van der Waals surface area contributed by atoms with Gasteiger partial charge in [0, 0.05) is 30.1 Å². The maximum atomic E-state index is 12.5. The first-order valence-electron chi connectivity index (χ1n) is 10.6. The summed E-state index contributed by atoms with van der Waals surface area (Å²) >= 11 is 0. The standard InChI is InChI=1S/C24H24N6O5/c31-21(28-20(23(33)34)12-16-6-5-11-25-14-16)15-26-22(32)17-7-4-10-19(13-17)27-24(35)30-29-18-8-2-1-3-9-18/h1-11,13-14,20,29H,12,15H2,(H,26,32)(H,28,31)(H,33,34)(H2,27,30,35). The Morgan fingerprint density at radius 2 is 1.69 bits per heavy atom. The van der Waals surface area contributed by atoms with Gasteiger partial charge < -0.3 is 21.1 Å². The third-order valence-electron chi connectivity index (χ3n) is 4.68. The van der Waals surface area contributed by atoms with Crippen molar-refractivity contribution >= 4 is 35.2 Å². The maximum absolute atomic E-state index is 12.5. The first kappa shape index (κ1) is 24.7. The number of carboxylic acid groups (broad SMARTS) is 1. The fourth-order valence-corrected chi connectivity index (χ4v) is 3.01. The van der Waals surface area contributed by atoms with Crippen LogP contribution in [0.1, 0.15) is 15.9 Å². The van der Waals surface area contributed by atoms with E-state index in [0.29, 0.717) is 16.9 Å². The average molecular weight is 476 g/mol. The second kappa shape index (κ2) is 12.3. The Balaban J connectivity index is 1.48. The minimum absolute atomic E-state index is 0.0533. The van der Waals surface area contributed by atoms with Gasteiger partial charge in [-0.3, -0.25) is 25.4 Å². The van der Waals surface area contributed by atoms with E-state index < -0.39 is 36.4 Å². The van der Waals surface area contributed by atoms with E-state index in [2.05, 4.69) is 31.8 Å². The number of hydrogen-bond donors (Lipinski definition) is 6. The molecule has 0 saturated carbocycles. The van der Waals surface area contributed by atoms with Crippen molar-refractivity contribution in [2.24, 2.45) is 0 Å². The molecule has 1 atom stereocenters. The maximum Gasteiger partial charge on any atom is 0.337 e. The summed E-state index contributed by atoms with van der Waals surface area (Å²) in [7, 11) is 0. The molecule has 35 heavy (non-hydrogen) atoms. The van der Waals surface area contributed by atoms with E-state index in [9.17, 15) is 24.3 Å². The van der Waals surface area contributed by atoms with Gasteiger partial charge in [0.2, 0.25) is 5.91 Å². The fraction of sp³-hybridized carbons (Fsp3) is 0.125. The summed E-state index contributed by atoms with van der Waals surface area (Å²) in [4.78, 5) is 52.1. The lowest BCUT2D eigenvalue weighted by Gasteiger charge is -2.15. The zero-order chi connectivity index (χ0) is 25.0. The second-order valence-corrected chi connectivity index (χ2v) is 7.36. The molecule has 0 radical (unpaired) electrons. The molecule has 1 aromatic heterocycles. The van der Waals surface area contributed by atoms with Crippen LogP contribution in [0.4, 0.5) is 16.2 Å². The van der Waals surface area contributed by atoms with Crippen LogP contribution in [0.25, 0.3) is 0 Å². The zero-order valence-corrected chi connectivity index (χ0v) is 18.5. The molecular weight excluding hydrogens is 452 g/mol. The topological polar surface area (TPSA) is 162 Å². The van der Waals surface area contributed by atoms with Crippen molar-refractivity contribution in [3.8, 4) is 0 Å². The predicted molar refractivity (Wildman–Crippen MR) is 129 cm³/mol. The summed E-state index contributed by atoms with van der Waals surface area (Å²) in [6.45, 7) is -0.422. The number of aliphatic carboxylic acids is 1. The van der Waals surface area contributed by atoms with Gasteiger partial charge in [-0.25, -0.2) is 9.59 Å². The van der Waals surface area contributed by atoms with Crippen LogP contribution in [0.2, 0.25) is 0 Å². The summed E-state index contributed by atoms with van der Waals surface area (Å²) in [6, 6.07) is 16.8. The molecule has 2 aromatic carbocycles. The van der Waals surface area contributed by atoms with Gasteiger partial charge in [0.15, 0.2) is 0 Å². The van der Waals surface area contributed by atoms with Crippen LogP contribution in [0.15, 0.2) is 79.1 Å². The number of carbonyl (C=O) groups is 4. The minimum atomic E-state index is -1.20. The smallest absolute Gasteiger partial charge is 0.337 e. The number of para-hydroxylation sites is 1. The number of amides is 4. The lowest BCUT2D eigenvalue weighted by molar-refractivity contribution is -0.141. The normalized spacial score (nSPS) is 11.0. The van der Waals surface area contributed by atoms with E-state index >= 15 is 0 Å². The number of carboxylic acids is 1. The highest BCUT2D eigenvalue weighted by molar-refractivity contribution is 5.98. The van der Waals surface area contributed by atoms with Crippen molar-refractivity contribution < 1.29 is 24.3 Å². The van der Waals surface area contributed by atoms with Gasteiger partial charge in [0.05, 0.1) is 12.2 Å². The molecule has 1 unspecified atom stereocenters. The Morgan fingerprint density at radius 1 is 0.914 bits per heavy atom. The highest BCUT2D eigenvalue weighted by Crippen LogP contribution is 2.11. The molecular formula is C24H24N6O5. The van der Waals surface area contributed by atoms with Gasteiger partial charge in [-0.05, 0) is 42.0 Å². The van der Waals surface area contributed by atoms with Gasteiger partial charge >= 0.3 is 12.0 Å². The average Bonchev–Trinajstić information content (AvgIpc) is 2.87. The second-order valence-electron chi connectivity index (χ2n) is 7.36. The quantitative estimate of drug-likeness (QED) is 0.243. The van der Waals surface area contributed by atoms with E-state index in [1.54, 1.807) is 42.6 Å². The first-order valence-corrected chi connectivity index (χ1v) is 10.6. The largest absolute Gasteiger partial charge is 0.480 e. The number of nitrogens with one attached hydrogen (secondary N) is 5. The van der Waals surface area contributed by atoms with Crippen molar-refractivity contribution in [3.05, 3.63) is 90.3 Å². The summed E-state index contributed by atoms with van der Waals surface area (Å²) in [5.74, 6) is -2.42. The van der Waals surface area contributed by atoms with E-state index in [4.69, 9.17) is 0 Å². The van der Waals surface area contributed by atoms with Crippen molar-refractivity contribution in [1.29, 1.82) is 0 Å². The van der Waals surface area contributed by atoms with Crippen molar-refractivity contribution in [3.63, 3.8) is 0 Å². The van der Waals surface area contributed by atoms with Gasteiger partial charge in [0.25, 0.3) is 5.91 Å². The van der Waals surface area contributed by atoms with E-state index in [0.717, 1.165) is 0 Å². The summed E-state index contributed by atoms with van der Waals surface area (Å²) < 4.78 is 0. The molecule has 0 aliphatic rings. The molecule has 1 heterocycles. The van der Waals surface area contributed by atoms with Crippen molar-refractivity contribution in [1.82, 2.24) is 21.0 Å². The lowest BCUT2D eigenvalue weighted by Crippen LogP contribution is -2.46. The molecule has 11 nitrogen and oxygen atoms in total.